The zero-order chi connectivity index (χ0) is 19.3. The minimum atomic E-state index is -0.980. The van der Waals surface area contributed by atoms with E-state index in [0.717, 1.165) is 6.42 Å². The van der Waals surface area contributed by atoms with Crippen LogP contribution in [0, 0.1) is 11.3 Å². The number of carbonyl (C=O) groups excluding carboxylic acids is 2. The zero-order valence-electron chi connectivity index (χ0n) is 14.7. The number of piperidine rings is 1. The first-order valence-electron chi connectivity index (χ1n) is 8.55. The van der Waals surface area contributed by atoms with Gasteiger partial charge in [-0.05, 0) is 44.0 Å². The summed E-state index contributed by atoms with van der Waals surface area (Å²) in [4.78, 5) is 37.1. The van der Waals surface area contributed by atoms with Crippen molar-refractivity contribution in [3.8, 4) is 0 Å². The lowest BCUT2D eigenvalue weighted by Crippen LogP contribution is -2.44. The molecule has 0 bridgehead atoms. The summed E-state index contributed by atoms with van der Waals surface area (Å²) in [6.07, 6.45) is 1.30. The number of nitrogens with two attached hydrogens (primary N) is 1. The van der Waals surface area contributed by atoms with Gasteiger partial charge in [0, 0.05) is 36.2 Å². The van der Waals surface area contributed by atoms with Gasteiger partial charge in [0.2, 0.25) is 11.8 Å². The van der Waals surface area contributed by atoms with Gasteiger partial charge in [-0.15, -0.1) is 0 Å². The molecule has 0 spiro atoms. The summed E-state index contributed by atoms with van der Waals surface area (Å²) in [6.45, 7) is 2.20. The number of amidine groups is 1. The van der Waals surface area contributed by atoms with E-state index in [1.165, 1.54) is 0 Å². The minimum absolute atomic E-state index is 0.0356. The first-order chi connectivity index (χ1) is 12.3. The lowest BCUT2D eigenvalue weighted by Gasteiger charge is -2.32. The fourth-order valence-electron chi connectivity index (χ4n) is 3.09. The Kier molecular flexibility index (Phi) is 6.32. The molecular formula is C18H24N4O4. The predicted octanol–water partition coefficient (Wildman–Crippen LogP) is 1.08. The third-order valence-corrected chi connectivity index (χ3v) is 4.36. The molecule has 1 fully saturated rings. The molecule has 5 N–H and O–H groups in total. The largest absolute Gasteiger partial charge is 0.481 e. The van der Waals surface area contributed by atoms with Crippen molar-refractivity contribution in [2.24, 2.45) is 11.7 Å². The van der Waals surface area contributed by atoms with Crippen LogP contribution in [0.25, 0.3) is 0 Å². The number of nitrogens with zero attached hydrogens (tertiary/aromatic N) is 1. The van der Waals surface area contributed by atoms with Gasteiger partial charge in [-0.3, -0.25) is 19.8 Å². The van der Waals surface area contributed by atoms with Crippen molar-refractivity contribution in [1.82, 2.24) is 5.32 Å². The van der Waals surface area contributed by atoms with Crippen LogP contribution < -0.4 is 16.0 Å². The third kappa shape index (κ3) is 5.05. The van der Waals surface area contributed by atoms with Gasteiger partial charge in [-0.1, -0.05) is 0 Å². The zero-order valence-corrected chi connectivity index (χ0v) is 14.7. The molecule has 2 atom stereocenters. The van der Waals surface area contributed by atoms with E-state index in [9.17, 15) is 14.4 Å². The van der Waals surface area contributed by atoms with Gasteiger partial charge in [0.05, 0.1) is 6.42 Å². The highest BCUT2D eigenvalue weighted by Gasteiger charge is 2.31. The average Bonchev–Trinajstić information content (AvgIpc) is 2.56. The van der Waals surface area contributed by atoms with E-state index in [1.807, 2.05) is 0 Å². The van der Waals surface area contributed by atoms with Gasteiger partial charge in [0.15, 0.2) is 0 Å². The predicted molar refractivity (Wildman–Crippen MR) is 97.0 cm³/mol. The summed E-state index contributed by atoms with van der Waals surface area (Å²) in [6, 6.07) is 6.38. The van der Waals surface area contributed by atoms with Crippen molar-refractivity contribution in [1.29, 1.82) is 5.41 Å². The summed E-state index contributed by atoms with van der Waals surface area (Å²) < 4.78 is 0. The average molecular weight is 360 g/mol. The van der Waals surface area contributed by atoms with E-state index < -0.39 is 17.9 Å². The van der Waals surface area contributed by atoms with E-state index in [-0.39, 0.29) is 30.5 Å². The number of nitrogen functional groups attached to an aromatic ring is 1. The van der Waals surface area contributed by atoms with Crippen LogP contribution in [0.2, 0.25) is 0 Å². The number of hydrogen-bond acceptors (Lipinski definition) is 4. The first kappa shape index (κ1) is 19.4. The van der Waals surface area contributed by atoms with Crippen LogP contribution in [0.15, 0.2) is 24.3 Å². The van der Waals surface area contributed by atoms with Crippen LogP contribution in [-0.2, 0) is 14.4 Å². The highest BCUT2D eigenvalue weighted by molar-refractivity contribution is 5.99. The lowest BCUT2D eigenvalue weighted by atomic mass is 9.92. The van der Waals surface area contributed by atoms with Crippen molar-refractivity contribution in [2.75, 3.05) is 11.4 Å². The number of anilines is 1. The normalized spacial score (nSPS) is 18.3. The van der Waals surface area contributed by atoms with E-state index in [2.05, 4.69) is 5.32 Å². The molecule has 8 heteroatoms. The molecule has 1 aliphatic rings. The van der Waals surface area contributed by atoms with Crippen LogP contribution in [0.3, 0.4) is 0 Å². The van der Waals surface area contributed by atoms with Crippen molar-refractivity contribution >= 4 is 29.3 Å². The maximum atomic E-state index is 12.7. The molecule has 1 aliphatic heterocycles. The van der Waals surface area contributed by atoms with Crippen molar-refractivity contribution < 1.29 is 19.5 Å². The molecule has 1 saturated heterocycles. The fourth-order valence-corrected chi connectivity index (χ4v) is 3.09. The lowest BCUT2D eigenvalue weighted by molar-refractivity contribution is -0.138. The SMILES string of the molecule is CC(CC(=O)O)NC(=O)CC1CCCN(c2ccc(C(=N)N)cc2)C1=O. The van der Waals surface area contributed by atoms with Crippen LogP contribution in [0.1, 0.15) is 38.2 Å². The number of aliphatic carboxylic acids is 1. The van der Waals surface area contributed by atoms with Crippen LogP contribution in [0.5, 0.6) is 0 Å². The van der Waals surface area contributed by atoms with Crippen LogP contribution in [0.4, 0.5) is 5.69 Å². The second-order valence-electron chi connectivity index (χ2n) is 6.56. The second kappa shape index (κ2) is 8.46. The number of carboxylic acid groups (broad SMARTS) is 1. The molecular weight excluding hydrogens is 336 g/mol. The van der Waals surface area contributed by atoms with E-state index >= 15 is 0 Å². The summed E-state index contributed by atoms with van der Waals surface area (Å²) in [7, 11) is 0. The van der Waals surface area contributed by atoms with E-state index in [1.54, 1.807) is 36.1 Å². The maximum absolute atomic E-state index is 12.7. The summed E-state index contributed by atoms with van der Waals surface area (Å²) in [5, 5.41) is 18.8. The number of nitrogens with one attached hydrogen (secondary N) is 2. The number of amides is 2. The highest BCUT2D eigenvalue weighted by Crippen LogP contribution is 2.26. The molecule has 1 aromatic rings. The highest BCUT2D eigenvalue weighted by atomic mass is 16.4. The Balaban J connectivity index is 1.99. The summed E-state index contributed by atoms with van der Waals surface area (Å²) in [5.74, 6) is -1.87. The van der Waals surface area contributed by atoms with Crippen molar-refractivity contribution in [2.45, 2.75) is 38.6 Å². The molecule has 0 saturated carbocycles. The first-order valence-corrected chi connectivity index (χ1v) is 8.55. The number of carbonyl (C=O) groups is 3. The monoisotopic (exact) mass is 360 g/mol. The molecule has 1 heterocycles. The quantitative estimate of drug-likeness (QED) is 0.426. The van der Waals surface area contributed by atoms with Crippen molar-refractivity contribution in [3.05, 3.63) is 29.8 Å². The van der Waals surface area contributed by atoms with Gasteiger partial charge in [0.25, 0.3) is 0 Å². The van der Waals surface area contributed by atoms with Crippen molar-refractivity contribution in [3.63, 3.8) is 0 Å². The topological polar surface area (TPSA) is 137 Å². The Morgan fingerprint density at radius 2 is 2.04 bits per heavy atom. The molecule has 8 nitrogen and oxygen atoms in total. The number of carboxylic acids is 1. The standard InChI is InChI=1S/C18H24N4O4/c1-11(9-16(24)25)21-15(23)10-13-3-2-8-22(18(13)26)14-6-4-12(5-7-14)17(19)20/h4-7,11,13H,2-3,8-10H2,1H3,(H3,19,20)(H,21,23)(H,24,25). The van der Waals surface area contributed by atoms with Gasteiger partial charge >= 0.3 is 5.97 Å². The summed E-state index contributed by atoms with van der Waals surface area (Å²) >= 11 is 0. The molecule has 26 heavy (non-hydrogen) atoms. The molecule has 2 rings (SSSR count). The molecule has 0 radical (unpaired) electrons. The molecule has 0 aromatic heterocycles. The van der Waals surface area contributed by atoms with E-state index in [0.29, 0.717) is 24.2 Å². The van der Waals surface area contributed by atoms with Gasteiger partial charge in [-0.2, -0.15) is 0 Å². The minimum Gasteiger partial charge on any atom is -0.481 e. The van der Waals surface area contributed by atoms with Gasteiger partial charge < -0.3 is 21.1 Å². The van der Waals surface area contributed by atoms with Gasteiger partial charge in [0.1, 0.15) is 5.84 Å². The van der Waals surface area contributed by atoms with Crippen LogP contribution >= 0.6 is 0 Å². The Morgan fingerprint density at radius 1 is 1.38 bits per heavy atom. The molecule has 2 amide bonds. The third-order valence-electron chi connectivity index (χ3n) is 4.36. The molecule has 140 valence electrons. The number of hydrogen-bond donors (Lipinski definition) is 4. The second-order valence-corrected chi connectivity index (χ2v) is 6.56. The Morgan fingerprint density at radius 3 is 2.62 bits per heavy atom. The number of rotatable bonds is 7. The number of benzene rings is 1. The maximum Gasteiger partial charge on any atom is 0.305 e. The Bertz CT molecular complexity index is 702. The smallest absolute Gasteiger partial charge is 0.305 e. The van der Waals surface area contributed by atoms with Gasteiger partial charge in [-0.25, -0.2) is 0 Å². The molecule has 2 unspecified atom stereocenters. The molecule has 0 aliphatic carbocycles. The van der Waals surface area contributed by atoms with E-state index in [4.69, 9.17) is 16.2 Å². The molecule has 1 aromatic carbocycles. The fraction of sp³-hybridized carbons (Fsp3) is 0.444. The Hall–Kier alpha value is -2.90. The van der Waals surface area contributed by atoms with Crippen LogP contribution in [-0.4, -0.2) is 41.3 Å². The summed E-state index contributed by atoms with van der Waals surface area (Å²) in [5.41, 5.74) is 6.73. The Labute approximate surface area is 151 Å².